The molecule has 0 saturated heterocycles. The summed E-state index contributed by atoms with van der Waals surface area (Å²) in [5.41, 5.74) is 9.65. The van der Waals surface area contributed by atoms with Gasteiger partial charge in [0.2, 0.25) is 0 Å². The van der Waals surface area contributed by atoms with Crippen LogP contribution in [-0.2, 0) is 0 Å². The molecule has 0 amide bonds. The summed E-state index contributed by atoms with van der Waals surface area (Å²) in [5, 5.41) is 10.1. The van der Waals surface area contributed by atoms with Crippen LogP contribution in [0.2, 0.25) is 0 Å². The Morgan fingerprint density at radius 3 is 1.46 bits per heavy atom. The average molecular weight is 585 g/mol. The third-order valence-electron chi connectivity index (χ3n) is 9.69. The van der Waals surface area contributed by atoms with Gasteiger partial charge in [-0.2, -0.15) is 0 Å². The third-order valence-corrected chi connectivity index (χ3v) is 9.69. The van der Waals surface area contributed by atoms with Gasteiger partial charge in [0.15, 0.2) is 0 Å². The minimum atomic E-state index is 1.16. The van der Waals surface area contributed by atoms with E-state index in [1.54, 1.807) is 0 Å². The summed E-state index contributed by atoms with van der Waals surface area (Å²) in [5.74, 6) is 0. The van der Waals surface area contributed by atoms with Crippen molar-refractivity contribution in [3.05, 3.63) is 170 Å². The number of nitrogens with zero attached hydrogens (tertiary/aromatic N) is 2. The van der Waals surface area contributed by atoms with Crippen LogP contribution in [0, 0.1) is 0 Å². The molecule has 0 spiro atoms. The number of hydrogen-bond acceptors (Lipinski definition) is 0. The zero-order valence-electron chi connectivity index (χ0n) is 25.1. The lowest BCUT2D eigenvalue weighted by molar-refractivity contribution is 1.18. The van der Waals surface area contributed by atoms with Crippen molar-refractivity contribution in [1.29, 1.82) is 0 Å². The standard InChI is InChI=1S/C44H28N2/c1-2-10-29(11-3-1)30-20-22-33(23-21-30)45-41-16-8-6-14-37(41)39-28-44-40(27-43(39)45)38-15-7-9-17-42(38)46(44)34-24-25-36-32(26-34)19-18-31-12-4-5-13-35(31)36/h1-28H. The molecule has 2 heteroatoms. The highest BCUT2D eigenvalue weighted by Crippen LogP contribution is 2.40. The second kappa shape index (κ2) is 9.69. The maximum Gasteiger partial charge on any atom is 0.0548 e. The molecule has 0 fully saturated rings. The first-order valence-corrected chi connectivity index (χ1v) is 15.9. The van der Waals surface area contributed by atoms with Gasteiger partial charge in [0, 0.05) is 32.9 Å². The monoisotopic (exact) mass is 584 g/mol. The summed E-state index contributed by atoms with van der Waals surface area (Å²) in [6, 6.07) is 62.0. The van der Waals surface area contributed by atoms with Crippen LogP contribution in [0.1, 0.15) is 0 Å². The van der Waals surface area contributed by atoms with E-state index in [-0.39, 0.29) is 0 Å². The van der Waals surface area contributed by atoms with Gasteiger partial charge in [-0.05, 0) is 81.2 Å². The van der Waals surface area contributed by atoms with Crippen LogP contribution in [0.25, 0.3) is 87.7 Å². The number of aromatic nitrogens is 2. The first-order chi connectivity index (χ1) is 22.8. The molecule has 0 atom stereocenters. The van der Waals surface area contributed by atoms with E-state index in [2.05, 4.69) is 179 Å². The summed E-state index contributed by atoms with van der Waals surface area (Å²) in [7, 11) is 0. The van der Waals surface area contributed by atoms with E-state index in [0.717, 1.165) is 5.69 Å². The van der Waals surface area contributed by atoms with E-state index in [1.807, 2.05) is 0 Å². The fraction of sp³-hybridized carbons (Fsp3) is 0. The Balaban J connectivity index is 1.24. The second-order valence-corrected chi connectivity index (χ2v) is 12.2. The normalized spacial score (nSPS) is 11.9. The molecule has 0 aliphatic carbocycles. The largest absolute Gasteiger partial charge is 0.309 e. The van der Waals surface area contributed by atoms with Gasteiger partial charge in [-0.15, -0.1) is 0 Å². The molecule has 0 bridgehead atoms. The highest BCUT2D eigenvalue weighted by molar-refractivity contribution is 6.19. The van der Waals surface area contributed by atoms with Crippen molar-refractivity contribution in [2.75, 3.05) is 0 Å². The maximum atomic E-state index is 2.44. The van der Waals surface area contributed by atoms with Gasteiger partial charge >= 0.3 is 0 Å². The molecule has 0 saturated carbocycles. The van der Waals surface area contributed by atoms with Crippen molar-refractivity contribution in [2.24, 2.45) is 0 Å². The van der Waals surface area contributed by atoms with E-state index < -0.39 is 0 Å². The Morgan fingerprint density at radius 2 is 0.761 bits per heavy atom. The summed E-state index contributed by atoms with van der Waals surface area (Å²) < 4.78 is 4.87. The highest BCUT2D eigenvalue weighted by Gasteiger charge is 2.18. The predicted octanol–water partition coefficient (Wildman–Crippen LogP) is 11.9. The Morgan fingerprint density at radius 1 is 0.261 bits per heavy atom. The first-order valence-electron chi connectivity index (χ1n) is 15.9. The van der Waals surface area contributed by atoms with Crippen molar-refractivity contribution in [2.45, 2.75) is 0 Å². The molecule has 8 aromatic carbocycles. The number of rotatable bonds is 3. The minimum absolute atomic E-state index is 1.16. The fourth-order valence-corrected chi connectivity index (χ4v) is 7.56. The lowest BCUT2D eigenvalue weighted by atomic mass is 10.0. The fourth-order valence-electron chi connectivity index (χ4n) is 7.56. The van der Waals surface area contributed by atoms with Gasteiger partial charge in [0.1, 0.15) is 0 Å². The summed E-state index contributed by atoms with van der Waals surface area (Å²) in [4.78, 5) is 0. The molecule has 214 valence electrons. The molecule has 0 N–H and O–H groups in total. The Bertz CT molecular complexity index is 2780. The molecule has 10 aromatic rings. The van der Waals surface area contributed by atoms with Gasteiger partial charge < -0.3 is 9.13 Å². The zero-order valence-corrected chi connectivity index (χ0v) is 25.1. The van der Waals surface area contributed by atoms with E-state index in [1.165, 1.54) is 82.0 Å². The lowest BCUT2D eigenvalue weighted by Gasteiger charge is -2.11. The molecule has 0 aliphatic rings. The number of fused-ring (bicyclic) bond motifs is 9. The van der Waals surface area contributed by atoms with Crippen molar-refractivity contribution >= 4 is 65.2 Å². The van der Waals surface area contributed by atoms with E-state index in [0.29, 0.717) is 0 Å². The van der Waals surface area contributed by atoms with E-state index in [4.69, 9.17) is 0 Å². The SMILES string of the molecule is c1ccc(-c2ccc(-n3c4ccccc4c4cc5c(cc43)c3ccccc3n5-c3ccc4c(ccc5ccccc54)c3)cc2)cc1. The first kappa shape index (κ1) is 25.2. The quantitative estimate of drug-likeness (QED) is 0.183. The van der Waals surface area contributed by atoms with Crippen molar-refractivity contribution in [1.82, 2.24) is 9.13 Å². The summed E-state index contributed by atoms with van der Waals surface area (Å²) in [6.07, 6.45) is 0. The highest BCUT2D eigenvalue weighted by atomic mass is 15.0. The molecule has 2 nitrogen and oxygen atoms in total. The van der Waals surface area contributed by atoms with Crippen LogP contribution in [0.4, 0.5) is 0 Å². The lowest BCUT2D eigenvalue weighted by Crippen LogP contribution is -1.95. The Labute approximate surface area is 266 Å². The number of para-hydroxylation sites is 2. The minimum Gasteiger partial charge on any atom is -0.309 e. The van der Waals surface area contributed by atoms with Crippen LogP contribution < -0.4 is 0 Å². The third kappa shape index (κ3) is 3.65. The van der Waals surface area contributed by atoms with E-state index in [9.17, 15) is 0 Å². The maximum absolute atomic E-state index is 2.44. The van der Waals surface area contributed by atoms with Crippen molar-refractivity contribution in [3.63, 3.8) is 0 Å². The molecule has 2 heterocycles. The van der Waals surface area contributed by atoms with Crippen LogP contribution in [-0.4, -0.2) is 9.13 Å². The molecule has 0 aliphatic heterocycles. The van der Waals surface area contributed by atoms with Crippen LogP contribution >= 0.6 is 0 Å². The molecule has 2 aromatic heterocycles. The van der Waals surface area contributed by atoms with Gasteiger partial charge in [0.25, 0.3) is 0 Å². The Kier molecular flexibility index (Phi) is 5.31. The topological polar surface area (TPSA) is 9.86 Å². The van der Waals surface area contributed by atoms with Crippen molar-refractivity contribution in [3.8, 4) is 22.5 Å². The smallest absolute Gasteiger partial charge is 0.0548 e. The number of hydrogen-bond donors (Lipinski definition) is 0. The van der Waals surface area contributed by atoms with Crippen LogP contribution in [0.5, 0.6) is 0 Å². The summed E-state index contributed by atoms with van der Waals surface area (Å²) in [6.45, 7) is 0. The van der Waals surface area contributed by atoms with Gasteiger partial charge in [-0.25, -0.2) is 0 Å². The van der Waals surface area contributed by atoms with Crippen molar-refractivity contribution < 1.29 is 0 Å². The molecule has 0 unspecified atom stereocenters. The Hall–Kier alpha value is -6.12. The summed E-state index contributed by atoms with van der Waals surface area (Å²) >= 11 is 0. The van der Waals surface area contributed by atoms with Crippen LogP contribution in [0.3, 0.4) is 0 Å². The predicted molar refractivity (Wildman–Crippen MR) is 196 cm³/mol. The van der Waals surface area contributed by atoms with Gasteiger partial charge in [0.05, 0.1) is 22.1 Å². The molecule has 10 rings (SSSR count). The second-order valence-electron chi connectivity index (χ2n) is 12.2. The zero-order chi connectivity index (χ0) is 30.2. The molecule has 0 radical (unpaired) electrons. The molecule has 46 heavy (non-hydrogen) atoms. The average Bonchev–Trinajstić information content (AvgIpc) is 3.63. The van der Waals surface area contributed by atoms with Crippen LogP contribution in [0.15, 0.2) is 170 Å². The molecular weight excluding hydrogens is 556 g/mol. The van der Waals surface area contributed by atoms with Gasteiger partial charge in [-0.1, -0.05) is 121 Å². The molecular formula is C44H28N2. The van der Waals surface area contributed by atoms with Gasteiger partial charge in [-0.3, -0.25) is 0 Å². The van der Waals surface area contributed by atoms with E-state index >= 15 is 0 Å². The number of benzene rings is 8.